The second kappa shape index (κ2) is 4.99. The SMILES string of the molecule is CCN(C(=O)[C@H](C)N)c1cc(O)ccc1C. The lowest BCUT2D eigenvalue weighted by atomic mass is 10.1. The molecule has 88 valence electrons. The third-order valence-electron chi connectivity index (χ3n) is 2.46. The number of likely N-dealkylation sites (N-methyl/N-ethyl adjacent to an activating group) is 1. The number of benzene rings is 1. The zero-order chi connectivity index (χ0) is 12.3. The number of aryl methyl sites for hydroxylation is 1. The fraction of sp³-hybridized carbons (Fsp3) is 0.417. The molecule has 0 heterocycles. The van der Waals surface area contributed by atoms with Crippen LogP contribution < -0.4 is 10.6 Å². The smallest absolute Gasteiger partial charge is 0.243 e. The van der Waals surface area contributed by atoms with Crippen LogP contribution in [-0.2, 0) is 4.79 Å². The normalized spacial score (nSPS) is 12.2. The van der Waals surface area contributed by atoms with Gasteiger partial charge in [0.05, 0.1) is 11.7 Å². The van der Waals surface area contributed by atoms with Crippen LogP contribution in [0.25, 0.3) is 0 Å². The predicted molar refractivity (Wildman–Crippen MR) is 64.5 cm³/mol. The molecule has 4 nitrogen and oxygen atoms in total. The van der Waals surface area contributed by atoms with Gasteiger partial charge in [-0.2, -0.15) is 0 Å². The molecule has 0 aliphatic heterocycles. The Hall–Kier alpha value is -1.55. The molecule has 0 saturated heterocycles. The first-order valence-corrected chi connectivity index (χ1v) is 5.34. The van der Waals surface area contributed by atoms with Crippen molar-refractivity contribution < 1.29 is 9.90 Å². The standard InChI is InChI=1S/C12H18N2O2/c1-4-14(12(16)9(3)13)11-7-10(15)6-5-8(11)2/h5-7,9,15H,4,13H2,1-3H3/t9-/m0/s1. The lowest BCUT2D eigenvalue weighted by Gasteiger charge is -2.24. The lowest BCUT2D eigenvalue weighted by molar-refractivity contribution is -0.119. The van der Waals surface area contributed by atoms with Gasteiger partial charge in [0.2, 0.25) is 5.91 Å². The van der Waals surface area contributed by atoms with Crippen molar-refractivity contribution in [2.45, 2.75) is 26.8 Å². The molecule has 1 rings (SSSR count). The van der Waals surface area contributed by atoms with E-state index in [0.29, 0.717) is 12.2 Å². The minimum atomic E-state index is -0.540. The number of hydrogen-bond acceptors (Lipinski definition) is 3. The van der Waals surface area contributed by atoms with Crippen molar-refractivity contribution in [1.82, 2.24) is 0 Å². The summed E-state index contributed by atoms with van der Waals surface area (Å²) in [6.45, 7) is 5.96. The number of amides is 1. The van der Waals surface area contributed by atoms with Gasteiger partial charge >= 0.3 is 0 Å². The number of carbonyl (C=O) groups excluding carboxylic acids is 1. The first kappa shape index (κ1) is 12.5. The zero-order valence-electron chi connectivity index (χ0n) is 9.90. The van der Waals surface area contributed by atoms with E-state index in [1.165, 1.54) is 0 Å². The van der Waals surface area contributed by atoms with Gasteiger partial charge in [0.25, 0.3) is 0 Å². The molecular weight excluding hydrogens is 204 g/mol. The van der Waals surface area contributed by atoms with Crippen molar-refractivity contribution in [3.8, 4) is 5.75 Å². The Balaban J connectivity index is 3.13. The van der Waals surface area contributed by atoms with E-state index in [-0.39, 0.29) is 11.7 Å². The topological polar surface area (TPSA) is 66.6 Å². The van der Waals surface area contributed by atoms with E-state index in [9.17, 15) is 9.90 Å². The zero-order valence-corrected chi connectivity index (χ0v) is 9.90. The molecule has 3 N–H and O–H groups in total. The highest BCUT2D eigenvalue weighted by Gasteiger charge is 2.19. The van der Waals surface area contributed by atoms with Gasteiger partial charge in [0.15, 0.2) is 0 Å². The van der Waals surface area contributed by atoms with E-state index >= 15 is 0 Å². The molecule has 0 aliphatic rings. The van der Waals surface area contributed by atoms with Gasteiger partial charge in [-0.15, -0.1) is 0 Å². The van der Waals surface area contributed by atoms with Crippen LogP contribution in [0.5, 0.6) is 5.75 Å². The van der Waals surface area contributed by atoms with Gasteiger partial charge in [-0.3, -0.25) is 4.79 Å². The molecule has 16 heavy (non-hydrogen) atoms. The van der Waals surface area contributed by atoms with Gasteiger partial charge in [-0.05, 0) is 32.4 Å². The second-order valence-electron chi connectivity index (χ2n) is 3.84. The van der Waals surface area contributed by atoms with Crippen LogP contribution in [0.3, 0.4) is 0 Å². The molecule has 0 fully saturated rings. The largest absolute Gasteiger partial charge is 0.508 e. The van der Waals surface area contributed by atoms with Crippen molar-refractivity contribution in [2.24, 2.45) is 5.73 Å². The van der Waals surface area contributed by atoms with E-state index in [1.807, 2.05) is 13.8 Å². The van der Waals surface area contributed by atoms with E-state index in [2.05, 4.69) is 0 Å². The van der Waals surface area contributed by atoms with Crippen molar-refractivity contribution >= 4 is 11.6 Å². The molecule has 0 aliphatic carbocycles. The summed E-state index contributed by atoms with van der Waals surface area (Å²) in [5.74, 6) is 0.00715. The molecule has 1 amide bonds. The monoisotopic (exact) mass is 222 g/mol. The highest BCUT2D eigenvalue weighted by Crippen LogP contribution is 2.25. The Bertz CT molecular complexity index is 389. The molecule has 0 spiro atoms. The molecule has 0 unspecified atom stereocenters. The fourth-order valence-electron chi connectivity index (χ4n) is 1.58. The van der Waals surface area contributed by atoms with Crippen LogP contribution in [0.15, 0.2) is 18.2 Å². The number of rotatable bonds is 3. The van der Waals surface area contributed by atoms with Crippen molar-refractivity contribution in [3.05, 3.63) is 23.8 Å². The highest BCUT2D eigenvalue weighted by molar-refractivity contribution is 5.97. The molecule has 1 aromatic carbocycles. The first-order valence-electron chi connectivity index (χ1n) is 5.34. The van der Waals surface area contributed by atoms with Gasteiger partial charge in [-0.25, -0.2) is 0 Å². The van der Waals surface area contributed by atoms with Crippen LogP contribution in [-0.4, -0.2) is 23.6 Å². The summed E-state index contributed by atoms with van der Waals surface area (Å²) < 4.78 is 0. The third kappa shape index (κ3) is 2.52. The number of carbonyl (C=O) groups is 1. The molecule has 0 bridgehead atoms. The number of anilines is 1. The second-order valence-corrected chi connectivity index (χ2v) is 3.84. The predicted octanol–water partition coefficient (Wildman–Crippen LogP) is 1.40. The number of phenols is 1. The summed E-state index contributed by atoms with van der Waals surface area (Å²) in [7, 11) is 0. The van der Waals surface area contributed by atoms with Crippen LogP contribution in [0.2, 0.25) is 0 Å². The van der Waals surface area contributed by atoms with E-state index in [0.717, 1.165) is 5.56 Å². The number of hydrogen-bond donors (Lipinski definition) is 2. The number of aromatic hydroxyl groups is 1. The maximum Gasteiger partial charge on any atom is 0.243 e. The number of nitrogens with two attached hydrogens (primary N) is 1. The Kier molecular flexibility index (Phi) is 3.90. The van der Waals surface area contributed by atoms with Gasteiger partial charge in [0, 0.05) is 12.6 Å². The Labute approximate surface area is 95.7 Å². The average molecular weight is 222 g/mol. The van der Waals surface area contributed by atoms with E-state index < -0.39 is 6.04 Å². The van der Waals surface area contributed by atoms with Crippen LogP contribution in [0.4, 0.5) is 5.69 Å². The van der Waals surface area contributed by atoms with Gasteiger partial charge in [0.1, 0.15) is 5.75 Å². The fourth-order valence-corrected chi connectivity index (χ4v) is 1.58. The van der Waals surface area contributed by atoms with Crippen LogP contribution in [0.1, 0.15) is 19.4 Å². The Morgan fingerprint density at radius 2 is 2.19 bits per heavy atom. The molecule has 0 radical (unpaired) electrons. The average Bonchev–Trinajstić information content (AvgIpc) is 2.23. The summed E-state index contributed by atoms with van der Waals surface area (Å²) in [6.07, 6.45) is 0. The quantitative estimate of drug-likeness (QED) is 0.812. The highest BCUT2D eigenvalue weighted by atomic mass is 16.3. The summed E-state index contributed by atoms with van der Waals surface area (Å²) in [5, 5.41) is 9.43. The molecule has 0 saturated carbocycles. The number of nitrogens with zero attached hydrogens (tertiary/aromatic N) is 1. The van der Waals surface area contributed by atoms with Crippen molar-refractivity contribution in [1.29, 1.82) is 0 Å². The third-order valence-corrected chi connectivity index (χ3v) is 2.46. The molecule has 1 aromatic rings. The van der Waals surface area contributed by atoms with Crippen LogP contribution in [0, 0.1) is 6.92 Å². The summed E-state index contributed by atoms with van der Waals surface area (Å²) in [5.41, 5.74) is 7.24. The maximum atomic E-state index is 11.9. The van der Waals surface area contributed by atoms with E-state index in [4.69, 9.17) is 5.73 Å². The Morgan fingerprint density at radius 3 is 2.69 bits per heavy atom. The van der Waals surface area contributed by atoms with E-state index in [1.54, 1.807) is 30.0 Å². The molecule has 4 heteroatoms. The summed E-state index contributed by atoms with van der Waals surface area (Å²) in [6, 6.07) is 4.42. The maximum absolute atomic E-state index is 11.9. The molecule has 1 atom stereocenters. The molecule has 0 aromatic heterocycles. The lowest BCUT2D eigenvalue weighted by Crippen LogP contribution is -2.42. The van der Waals surface area contributed by atoms with Crippen LogP contribution >= 0.6 is 0 Å². The summed E-state index contributed by atoms with van der Waals surface area (Å²) in [4.78, 5) is 13.4. The first-order chi connectivity index (χ1) is 7.47. The minimum Gasteiger partial charge on any atom is -0.508 e. The summed E-state index contributed by atoms with van der Waals surface area (Å²) >= 11 is 0. The number of phenolic OH excluding ortho intramolecular Hbond substituents is 1. The molecular formula is C12H18N2O2. The van der Waals surface area contributed by atoms with Gasteiger partial charge in [-0.1, -0.05) is 6.07 Å². The Morgan fingerprint density at radius 1 is 1.56 bits per heavy atom. The van der Waals surface area contributed by atoms with Crippen molar-refractivity contribution in [2.75, 3.05) is 11.4 Å². The van der Waals surface area contributed by atoms with Gasteiger partial charge < -0.3 is 15.7 Å². The minimum absolute atomic E-state index is 0.142. The van der Waals surface area contributed by atoms with Crippen molar-refractivity contribution in [3.63, 3.8) is 0 Å².